The van der Waals surface area contributed by atoms with Crippen LogP contribution in [0.15, 0.2) is 56.2 Å². The number of nitrogens with zero attached hydrogens (tertiary/aromatic N) is 1. The van der Waals surface area contributed by atoms with E-state index in [1.54, 1.807) is 12.2 Å². The normalized spacial score (nSPS) is 9.54. The molecule has 3 amide bonds. The first-order valence-corrected chi connectivity index (χ1v) is 7.28. The zero-order chi connectivity index (χ0) is 18.1. The van der Waals surface area contributed by atoms with Gasteiger partial charge in [0.05, 0.1) is 0 Å². The van der Waals surface area contributed by atoms with Crippen LogP contribution in [0.5, 0.6) is 0 Å². The molecule has 126 valence electrons. The van der Waals surface area contributed by atoms with Crippen LogP contribution >= 0.6 is 0 Å². The summed E-state index contributed by atoms with van der Waals surface area (Å²) in [4.78, 5) is 37.5. The molecule has 0 radical (unpaired) electrons. The highest BCUT2D eigenvalue weighted by atomic mass is 16.2. The summed E-state index contributed by atoms with van der Waals surface area (Å²) in [5.74, 6) is -1.08. The fourth-order valence-electron chi connectivity index (χ4n) is 1.87. The first-order valence-electron chi connectivity index (χ1n) is 7.28. The van der Waals surface area contributed by atoms with Gasteiger partial charge in [0.25, 0.3) is 11.8 Å². The van der Waals surface area contributed by atoms with Crippen molar-refractivity contribution in [3.8, 4) is 0 Å². The number of amides is 3. The third kappa shape index (κ3) is 4.95. The van der Waals surface area contributed by atoms with Crippen LogP contribution in [-0.4, -0.2) is 37.9 Å². The molecule has 1 aromatic rings. The van der Waals surface area contributed by atoms with E-state index in [0.717, 1.165) is 6.08 Å². The molecule has 0 atom stereocenters. The first kappa shape index (κ1) is 18.9. The summed E-state index contributed by atoms with van der Waals surface area (Å²) >= 11 is 0. The molecular formula is C18H21N3O3. The number of likely N-dealkylation sites (N-methyl/N-ethyl adjacent to an activating group) is 1. The predicted octanol–water partition coefficient (Wildman–Crippen LogP) is 1.67. The maximum absolute atomic E-state index is 12.2. The summed E-state index contributed by atoms with van der Waals surface area (Å²) in [7, 11) is 1.54. The van der Waals surface area contributed by atoms with Gasteiger partial charge in [0.2, 0.25) is 5.91 Å². The molecule has 0 spiro atoms. The van der Waals surface area contributed by atoms with Crippen LogP contribution in [0.4, 0.5) is 5.69 Å². The molecule has 0 unspecified atom stereocenters. The number of benzene rings is 1. The monoisotopic (exact) mass is 327 g/mol. The fourth-order valence-corrected chi connectivity index (χ4v) is 1.87. The second-order valence-corrected chi connectivity index (χ2v) is 4.87. The maximum Gasteiger partial charge on any atom is 0.251 e. The number of nitrogens with one attached hydrogen (secondary N) is 2. The van der Waals surface area contributed by atoms with Gasteiger partial charge in [-0.25, -0.2) is 0 Å². The fraction of sp³-hybridized carbons (Fsp3) is 0.167. The Labute approximate surface area is 141 Å². The van der Waals surface area contributed by atoms with Gasteiger partial charge in [0.15, 0.2) is 0 Å². The molecule has 24 heavy (non-hydrogen) atoms. The number of carbonyl (C=O) groups excluding carboxylic acids is 3. The highest BCUT2D eigenvalue weighted by Crippen LogP contribution is 2.19. The van der Waals surface area contributed by atoms with Crippen LogP contribution in [0.3, 0.4) is 0 Å². The molecule has 0 saturated heterocycles. The Balaban J connectivity index is 3.27. The molecule has 0 aliphatic heterocycles. The zero-order valence-electron chi connectivity index (χ0n) is 13.7. The van der Waals surface area contributed by atoms with Gasteiger partial charge in [-0.3, -0.25) is 14.4 Å². The maximum atomic E-state index is 12.2. The summed E-state index contributed by atoms with van der Waals surface area (Å²) in [6.45, 7) is 11.1. The van der Waals surface area contributed by atoms with Gasteiger partial charge in [-0.1, -0.05) is 18.7 Å². The lowest BCUT2D eigenvalue weighted by molar-refractivity contribution is -0.113. The van der Waals surface area contributed by atoms with Crippen molar-refractivity contribution >= 4 is 23.4 Å². The van der Waals surface area contributed by atoms with Crippen molar-refractivity contribution in [2.75, 3.05) is 25.0 Å². The molecule has 0 bridgehead atoms. The number of carbonyl (C=O) groups is 3. The minimum absolute atomic E-state index is 0.266. The Morgan fingerprint density at radius 3 is 1.79 bits per heavy atom. The Bertz CT molecular complexity index is 638. The first-order chi connectivity index (χ1) is 11.4. The van der Waals surface area contributed by atoms with Crippen LogP contribution in [0.1, 0.15) is 20.7 Å². The van der Waals surface area contributed by atoms with Crippen molar-refractivity contribution < 1.29 is 14.4 Å². The molecule has 2 N–H and O–H groups in total. The van der Waals surface area contributed by atoms with Crippen molar-refractivity contribution in [3.05, 3.63) is 67.3 Å². The summed E-state index contributed by atoms with van der Waals surface area (Å²) in [6.07, 6.45) is 4.25. The molecule has 0 saturated carbocycles. The van der Waals surface area contributed by atoms with Crippen LogP contribution in [0, 0.1) is 0 Å². The highest BCUT2D eigenvalue weighted by molar-refractivity contribution is 6.05. The lowest BCUT2D eigenvalue weighted by Gasteiger charge is -2.17. The lowest BCUT2D eigenvalue weighted by atomic mass is 10.1. The minimum Gasteiger partial charge on any atom is -0.349 e. The number of rotatable bonds is 8. The van der Waals surface area contributed by atoms with E-state index in [4.69, 9.17) is 0 Å². The van der Waals surface area contributed by atoms with Crippen molar-refractivity contribution in [2.24, 2.45) is 0 Å². The number of anilines is 1. The molecule has 6 heteroatoms. The zero-order valence-corrected chi connectivity index (χ0v) is 13.7. The molecular weight excluding hydrogens is 306 g/mol. The average Bonchev–Trinajstić information content (AvgIpc) is 2.62. The third-order valence-corrected chi connectivity index (χ3v) is 3.15. The van der Waals surface area contributed by atoms with Gasteiger partial charge < -0.3 is 15.5 Å². The topological polar surface area (TPSA) is 78.5 Å². The smallest absolute Gasteiger partial charge is 0.251 e. The Morgan fingerprint density at radius 1 is 0.958 bits per heavy atom. The van der Waals surface area contributed by atoms with Gasteiger partial charge in [-0.15, -0.1) is 13.2 Å². The standard InChI is InChI=1S/C18H21N3O3/c1-5-8-19-17(23)13-10-14(18(24)20-9-6-2)12-15(11-13)21(4)16(22)7-3/h5-7,10-12H,1-3,8-9H2,4H3,(H,19,23)(H,20,24). The highest BCUT2D eigenvalue weighted by Gasteiger charge is 2.16. The van der Waals surface area contributed by atoms with E-state index in [-0.39, 0.29) is 28.8 Å². The molecule has 1 rings (SSSR count). The van der Waals surface area contributed by atoms with Crippen molar-refractivity contribution in [2.45, 2.75) is 0 Å². The van der Waals surface area contributed by atoms with E-state index in [9.17, 15) is 14.4 Å². The van der Waals surface area contributed by atoms with E-state index >= 15 is 0 Å². The summed E-state index contributed by atoms with van der Waals surface area (Å²) in [5.41, 5.74) is 0.943. The Hall–Kier alpha value is -3.15. The largest absolute Gasteiger partial charge is 0.349 e. The van der Waals surface area contributed by atoms with Crippen LogP contribution in [0.2, 0.25) is 0 Å². The van der Waals surface area contributed by atoms with Crippen LogP contribution in [0.25, 0.3) is 0 Å². The predicted molar refractivity (Wildman–Crippen MR) is 95.1 cm³/mol. The molecule has 0 fully saturated rings. The molecule has 0 aliphatic rings. The van der Waals surface area contributed by atoms with Gasteiger partial charge in [-0.05, 0) is 24.3 Å². The summed E-state index contributed by atoms with van der Waals surface area (Å²) in [5, 5.41) is 5.28. The molecule has 0 heterocycles. The quantitative estimate of drug-likeness (QED) is 0.563. The number of hydrogen-bond donors (Lipinski definition) is 2. The number of hydrogen-bond acceptors (Lipinski definition) is 3. The van der Waals surface area contributed by atoms with Crippen LogP contribution < -0.4 is 15.5 Å². The lowest BCUT2D eigenvalue weighted by Crippen LogP contribution is -2.28. The van der Waals surface area contributed by atoms with Crippen LogP contribution in [-0.2, 0) is 4.79 Å². The van der Waals surface area contributed by atoms with Crippen molar-refractivity contribution in [1.29, 1.82) is 0 Å². The molecule has 0 aromatic heterocycles. The van der Waals surface area contributed by atoms with Gasteiger partial charge in [0.1, 0.15) is 0 Å². The third-order valence-electron chi connectivity index (χ3n) is 3.15. The van der Waals surface area contributed by atoms with E-state index in [1.165, 1.54) is 30.1 Å². The van der Waals surface area contributed by atoms with Gasteiger partial charge in [0, 0.05) is 37.0 Å². The molecule has 1 aromatic carbocycles. The van der Waals surface area contributed by atoms with E-state index in [2.05, 4.69) is 30.4 Å². The Morgan fingerprint density at radius 2 is 1.42 bits per heavy atom. The van der Waals surface area contributed by atoms with E-state index < -0.39 is 0 Å². The second kappa shape index (κ2) is 9.09. The average molecular weight is 327 g/mol. The summed E-state index contributed by atoms with van der Waals surface area (Å²) in [6, 6.07) is 4.53. The van der Waals surface area contributed by atoms with E-state index in [1.807, 2.05) is 0 Å². The summed E-state index contributed by atoms with van der Waals surface area (Å²) < 4.78 is 0. The van der Waals surface area contributed by atoms with Crippen molar-refractivity contribution in [3.63, 3.8) is 0 Å². The molecule has 6 nitrogen and oxygen atoms in total. The second-order valence-electron chi connectivity index (χ2n) is 4.87. The Kier molecular flexibility index (Phi) is 7.16. The van der Waals surface area contributed by atoms with Gasteiger partial charge >= 0.3 is 0 Å². The van der Waals surface area contributed by atoms with Gasteiger partial charge in [-0.2, -0.15) is 0 Å². The van der Waals surface area contributed by atoms with Crippen molar-refractivity contribution in [1.82, 2.24) is 10.6 Å². The van der Waals surface area contributed by atoms with E-state index in [0.29, 0.717) is 18.8 Å². The minimum atomic E-state index is -0.367. The molecule has 0 aliphatic carbocycles. The SMILES string of the molecule is C=CCNC(=O)c1cc(C(=O)NCC=C)cc(N(C)C(=O)C=C)c1.